The number of nitrogens with two attached hydrogens (primary N) is 1. The van der Waals surface area contributed by atoms with Gasteiger partial charge in [-0.1, -0.05) is 0 Å². The van der Waals surface area contributed by atoms with E-state index in [1.54, 1.807) is 12.1 Å². The molecular weight excluding hydrogens is 208 g/mol. The van der Waals surface area contributed by atoms with Gasteiger partial charge in [-0.15, -0.1) is 0 Å². The summed E-state index contributed by atoms with van der Waals surface area (Å²) < 4.78 is 9.40. The van der Waals surface area contributed by atoms with Crippen molar-refractivity contribution in [2.45, 2.75) is 12.8 Å². The number of ether oxygens (including phenoxy) is 2. The maximum absolute atomic E-state index is 10.8. The van der Waals surface area contributed by atoms with E-state index in [-0.39, 0.29) is 0 Å². The Kier molecular flexibility index (Phi) is 5.28. The zero-order valence-corrected chi connectivity index (χ0v) is 9.31. The highest BCUT2D eigenvalue weighted by Crippen LogP contribution is 2.01. The van der Waals surface area contributed by atoms with Gasteiger partial charge in [-0.3, -0.25) is 0 Å². The normalized spacial score (nSPS) is 13.8. The van der Waals surface area contributed by atoms with Gasteiger partial charge in [0.15, 0.2) is 0 Å². The Labute approximate surface area is 94.6 Å². The zero-order chi connectivity index (χ0) is 11.8. The van der Waals surface area contributed by atoms with Crippen molar-refractivity contribution in [3.8, 4) is 0 Å². The molecule has 1 saturated heterocycles. The van der Waals surface area contributed by atoms with Crippen LogP contribution in [-0.4, -0.2) is 31.3 Å². The summed E-state index contributed by atoms with van der Waals surface area (Å²) in [5.41, 5.74) is 5.71. The summed E-state index contributed by atoms with van der Waals surface area (Å²) in [5.74, 6) is -0.0184. The number of rotatable bonds is 1. The molecule has 88 valence electrons. The number of aromatic nitrogens is 1. The van der Waals surface area contributed by atoms with Gasteiger partial charge in [0, 0.05) is 19.4 Å². The van der Waals surface area contributed by atoms with Crippen LogP contribution in [0.4, 0.5) is 5.82 Å². The number of nitrogens with zero attached hydrogens (tertiary/aromatic N) is 1. The van der Waals surface area contributed by atoms with Crippen LogP contribution in [0.15, 0.2) is 18.3 Å². The Hall–Kier alpha value is -1.62. The van der Waals surface area contributed by atoms with Gasteiger partial charge in [-0.05, 0) is 25.0 Å². The van der Waals surface area contributed by atoms with Gasteiger partial charge in [0.2, 0.25) is 0 Å². The molecule has 2 rings (SSSR count). The number of anilines is 1. The van der Waals surface area contributed by atoms with Crippen molar-refractivity contribution in [1.82, 2.24) is 4.98 Å². The fraction of sp³-hybridized carbons (Fsp3) is 0.455. The first-order valence-electron chi connectivity index (χ1n) is 5.11. The van der Waals surface area contributed by atoms with Crippen LogP contribution in [0.5, 0.6) is 0 Å². The van der Waals surface area contributed by atoms with Crippen LogP contribution < -0.4 is 5.73 Å². The molecule has 0 saturated carbocycles. The SMILES string of the molecule is C1CCOC1.COC(=O)c1ccc(N)nc1. The molecule has 0 unspecified atom stereocenters. The molecule has 16 heavy (non-hydrogen) atoms. The molecule has 1 fully saturated rings. The lowest BCUT2D eigenvalue weighted by atomic mass is 10.3. The summed E-state index contributed by atoms with van der Waals surface area (Å²) in [4.78, 5) is 14.5. The number of esters is 1. The molecule has 0 radical (unpaired) electrons. The predicted molar refractivity (Wildman–Crippen MR) is 60.0 cm³/mol. The third-order valence-electron chi connectivity index (χ3n) is 2.03. The predicted octanol–water partition coefficient (Wildman–Crippen LogP) is 1.25. The van der Waals surface area contributed by atoms with E-state index in [9.17, 15) is 4.79 Å². The molecule has 2 N–H and O–H groups in total. The first-order valence-corrected chi connectivity index (χ1v) is 5.11. The first kappa shape index (κ1) is 12.4. The minimum absolute atomic E-state index is 0.387. The second-order valence-electron chi connectivity index (χ2n) is 3.28. The third-order valence-corrected chi connectivity index (χ3v) is 2.03. The van der Waals surface area contributed by atoms with Crippen LogP contribution in [0, 0.1) is 0 Å². The molecule has 1 aliphatic rings. The summed E-state index contributed by atoms with van der Waals surface area (Å²) in [5, 5.41) is 0. The van der Waals surface area contributed by atoms with Crippen LogP contribution in [0.3, 0.4) is 0 Å². The number of hydrogen-bond acceptors (Lipinski definition) is 5. The van der Waals surface area contributed by atoms with Gasteiger partial charge in [0.1, 0.15) is 5.82 Å². The third kappa shape index (κ3) is 4.27. The fourth-order valence-corrected chi connectivity index (χ4v) is 1.15. The maximum Gasteiger partial charge on any atom is 0.339 e. The van der Waals surface area contributed by atoms with Gasteiger partial charge >= 0.3 is 5.97 Å². The topological polar surface area (TPSA) is 74.4 Å². The lowest BCUT2D eigenvalue weighted by molar-refractivity contribution is 0.0600. The van der Waals surface area contributed by atoms with E-state index in [0.717, 1.165) is 13.2 Å². The molecule has 0 spiro atoms. The van der Waals surface area contributed by atoms with Crippen LogP contribution in [0.2, 0.25) is 0 Å². The van der Waals surface area contributed by atoms with E-state index in [4.69, 9.17) is 10.5 Å². The minimum atomic E-state index is -0.405. The van der Waals surface area contributed by atoms with Crippen molar-refractivity contribution in [2.24, 2.45) is 0 Å². The second kappa shape index (κ2) is 6.79. The number of pyridine rings is 1. The van der Waals surface area contributed by atoms with Crippen LogP contribution >= 0.6 is 0 Å². The van der Waals surface area contributed by atoms with Crippen LogP contribution in [0.1, 0.15) is 23.2 Å². The van der Waals surface area contributed by atoms with Crippen molar-refractivity contribution in [3.63, 3.8) is 0 Å². The Morgan fingerprint density at radius 2 is 2.12 bits per heavy atom. The van der Waals surface area contributed by atoms with Gasteiger partial charge in [0.05, 0.1) is 12.7 Å². The van der Waals surface area contributed by atoms with E-state index in [1.165, 1.54) is 26.1 Å². The second-order valence-corrected chi connectivity index (χ2v) is 3.28. The monoisotopic (exact) mass is 224 g/mol. The fourth-order valence-electron chi connectivity index (χ4n) is 1.15. The Bertz CT molecular complexity index is 313. The van der Waals surface area contributed by atoms with Gasteiger partial charge in [-0.25, -0.2) is 9.78 Å². The summed E-state index contributed by atoms with van der Waals surface area (Å²) in [6.45, 7) is 2.00. The van der Waals surface area contributed by atoms with Gasteiger partial charge in [0.25, 0.3) is 0 Å². The molecule has 1 aliphatic heterocycles. The van der Waals surface area contributed by atoms with E-state index < -0.39 is 5.97 Å². The molecule has 2 heterocycles. The molecule has 1 aromatic rings. The Morgan fingerprint density at radius 3 is 2.50 bits per heavy atom. The summed E-state index contributed by atoms with van der Waals surface area (Å²) in [7, 11) is 1.32. The maximum atomic E-state index is 10.8. The van der Waals surface area contributed by atoms with E-state index in [1.807, 2.05) is 0 Å². The lowest BCUT2D eigenvalue weighted by Gasteiger charge is -1.97. The number of hydrogen-bond donors (Lipinski definition) is 1. The summed E-state index contributed by atoms with van der Waals surface area (Å²) >= 11 is 0. The van der Waals surface area contributed by atoms with Gasteiger partial charge < -0.3 is 15.2 Å². The standard InChI is InChI=1S/C7H8N2O2.C4H8O/c1-11-7(10)5-2-3-6(8)9-4-5;1-2-4-5-3-1/h2-4H,1H3,(H2,8,9);1-4H2. The van der Waals surface area contributed by atoms with Gasteiger partial charge in [-0.2, -0.15) is 0 Å². The Morgan fingerprint density at radius 1 is 1.44 bits per heavy atom. The average molecular weight is 224 g/mol. The summed E-state index contributed by atoms with van der Waals surface area (Å²) in [6.07, 6.45) is 3.93. The van der Waals surface area contributed by atoms with Crippen molar-refractivity contribution in [3.05, 3.63) is 23.9 Å². The summed E-state index contributed by atoms with van der Waals surface area (Å²) in [6, 6.07) is 3.11. The highest BCUT2D eigenvalue weighted by Gasteiger charge is 2.03. The largest absolute Gasteiger partial charge is 0.465 e. The average Bonchev–Trinajstić information content (AvgIpc) is 2.88. The van der Waals surface area contributed by atoms with Crippen LogP contribution in [-0.2, 0) is 9.47 Å². The molecule has 0 aliphatic carbocycles. The number of carbonyl (C=O) groups excluding carboxylic acids is 1. The molecular formula is C11H16N2O3. The van der Waals surface area contributed by atoms with Crippen molar-refractivity contribution in [2.75, 3.05) is 26.1 Å². The van der Waals surface area contributed by atoms with Crippen molar-refractivity contribution < 1.29 is 14.3 Å². The molecule has 5 heteroatoms. The van der Waals surface area contributed by atoms with Crippen molar-refractivity contribution in [1.29, 1.82) is 0 Å². The molecule has 1 aromatic heterocycles. The van der Waals surface area contributed by atoms with E-state index in [2.05, 4.69) is 9.72 Å². The lowest BCUT2D eigenvalue weighted by Crippen LogP contribution is -2.02. The molecule has 0 aromatic carbocycles. The zero-order valence-electron chi connectivity index (χ0n) is 9.31. The van der Waals surface area contributed by atoms with E-state index in [0.29, 0.717) is 11.4 Å². The molecule has 0 atom stereocenters. The minimum Gasteiger partial charge on any atom is -0.465 e. The van der Waals surface area contributed by atoms with Crippen molar-refractivity contribution >= 4 is 11.8 Å². The van der Waals surface area contributed by atoms with E-state index >= 15 is 0 Å². The number of carbonyl (C=O) groups is 1. The highest BCUT2D eigenvalue weighted by atomic mass is 16.5. The Balaban J connectivity index is 0.000000212. The smallest absolute Gasteiger partial charge is 0.339 e. The molecule has 0 bridgehead atoms. The first-order chi connectivity index (χ1) is 7.74. The number of methoxy groups -OCH3 is 1. The molecule has 5 nitrogen and oxygen atoms in total. The quantitative estimate of drug-likeness (QED) is 0.726. The van der Waals surface area contributed by atoms with Crippen LogP contribution in [0.25, 0.3) is 0 Å². The number of nitrogen functional groups attached to an aromatic ring is 1. The molecule has 0 amide bonds. The highest BCUT2D eigenvalue weighted by molar-refractivity contribution is 5.89.